The Bertz CT molecular complexity index is 437. The van der Waals surface area contributed by atoms with Gasteiger partial charge in [-0.3, -0.25) is 0 Å². The van der Waals surface area contributed by atoms with Crippen LogP contribution in [0.25, 0.3) is 10.8 Å². The molecule has 0 bridgehead atoms. The molecular formula is C11H8ClF. The van der Waals surface area contributed by atoms with Crippen molar-refractivity contribution in [3.05, 3.63) is 47.8 Å². The summed E-state index contributed by atoms with van der Waals surface area (Å²) in [7, 11) is 0. The van der Waals surface area contributed by atoms with Crippen molar-refractivity contribution in [2.45, 2.75) is 5.88 Å². The topological polar surface area (TPSA) is 0 Å². The second-order valence-electron chi connectivity index (χ2n) is 2.89. The molecule has 0 aliphatic rings. The summed E-state index contributed by atoms with van der Waals surface area (Å²) in [5.74, 6) is 0.0181. The maximum Gasteiger partial charge on any atom is 0.135 e. The van der Waals surface area contributed by atoms with E-state index < -0.39 is 0 Å². The number of hydrogen-bond donors (Lipinski definition) is 0. The van der Waals surface area contributed by atoms with Crippen molar-refractivity contribution in [1.82, 2.24) is 0 Å². The summed E-state index contributed by atoms with van der Waals surface area (Å²) in [6.45, 7) is 0. The summed E-state index contributed by atoms with van der Waals surface area (Å²) in [5.41, 5.74) is 0.556. The summed E-state index contributed by atoms with van der Waals surface area (Å²) in [6.07, 6.45) is 0. The van der Waals surface area contributed by atoms with Crippen LogP contribution in [0, 0.1) is 5.82 Å². The minimum Gasteiger partial charge on any atom is -0.206 e. The molecule has 13 heavy (non-hydrogen) atoms. The van der Waals surface area contributed by atoms with Gasteiger partial charge in [-0.2, -0.15) is 0 Å². The highest BCUT2D eigenvalue weighted by atomic mass is 35.5. The molecule has 0 aliphatic heterocycles. The predicted octanol–water partition coefficient (Wildman–Crippen LogP) is 3.72. The SMILES string of the molecule is Fc1c(CCl)ccc2ccccc12. The van der Waals surface area contributed by atoms with E-state index in [0.29, 0.717) is 10.9 Å². The minimum absolute atomic E-state index is 0.201. The van der Waals surface area contributed by atoms with Crippen LogP contribution in [0.15, 0.2) is 36.4 Å². The fraction of sp³-hybridized carbons (Fsp3) is 0.0909. The number of benzene rings is 2. The molecule has 0 nitrogen and oxygen atoms in total. The predicted molar refractivity (Wildman–Crippen MR) is 53.5 cm³/mol. The Morgan fingerprint density at radius 3 is 2.62 bits per heavy atom. The van der Waals surface area contributed by atoms with E-state index in [-0.39, 0.29) is 11.7 Å². The molecule has 0 radical (unpaired) electrons. The molecule has 0 fully saturated rings. The van der Waals surface area contributed by atoms with E-state index in [2.05, 4.69) is 0 Å². The lowest BCUT2D eigenvalue weighted by atomic mass is 10.1. The maximum absolute atomic E-state index is 13.6. The van der Waals surface area contributed by atoms with Crippen LogP contribution >= 0.6 is 11.6 Å². The fourth-order valence-electron chi connectivity index (χ4n) is 1.38. The van der Waals surface area contributed by atoms with E-state index in [1.165, 1.54) is 0 Å². The number of rotatable bonds is 1. The van der Waals surface area contributed by atoms with Crippen LogP contribution in [-0.4, -0.2) is 0 Å². The Morgan fingerprint density at radius 2 is 1.85 bits per heavy atom. The molecule has 0 spiro atoms. The van der Waals surface area contributed by atoms with Crippen molar-refractivity contribution in [1.29, 1.82) is 0 Å². The van der Waals surface area contributed by atoms with Gasteiger partial charge >= 0.3 is 0 Å². The summed E-state index contributed by atoms with van der Waals surface area (Å²) < 4.78 is 13.6. The van der Waals surface area contributed by atoms with Gasteiger partial charge in [0, 0.05) is 10.9 Å². The highest BCUT2D eigenvalue weighted by Gasteiger charge is 2.04. The summed E-state index contributed by atoms with van der Waals surface area (Å²) in [6, 6.07) is 11.0. The third-order valence-electron chi connectivity index (χ3n) is 2.09. The van der Waals surface area contributed by atoms with Gasteiger partial charge in [-0.25, -0.2) is 4.39 Å². The van der Waals surface area contributed by atoms with Gasteiger partial charge in [0.2, 0.25) is 0 Å². The molecule has 0 aromatic heterocycles. The Kier molecular flexibility index (Phi) is 2.19. The first-order valence-electron chi connectivity index (χ1n) is 4.05. The van der Waals surface area contributed by atoms with Crippen LogP contribution in [0.3, 0.4) is 0 Å². The minimum atomic E-state index is -0.201. The van der Waals surface area contributed by atoms with Crippen molar-refractivity contribution in [3.63, 3.8) is 0 Å². The van der Waals surface area contributed by atoms with E-state index in [1.54, 1.807) is 12.1 Å². The van der Waals surface area contributed by atoms with Crippen LogP contribution in [0.4, 0.5) is 4.39 Å². The maximum atomic E-state index is 13.6. The molecule has 0 amide bonds. The molecule has 0 saturated heterocycles. The number of hydrogen-bond acceptors (Lipinski definition) is 0. The Morgan fingerprint density at radius 1 is 1.08 bits per heavy atom. The van der Waals surface area contributed by atoms with Crippen LogP contribution in [-0.2, 0) is 5.88 Å². The monoisotopic (exact) mass is 194 g/mol. The zero-order chi connectivity index (χ0) is 9.26. The average molecular weight is 195 g/mol. The van der Waals surface area contributed by atoms with Gasteiger partial charge in [-0.1, -0.05) is 36.4 Å². The van der Waals surface area contributed by atoms with Crippen molar-refractivity contribution in [2.24, 2.45) is 0 Å². The van der Waals surface area contributed by atoms with E-state index in [1.807, 2.05) is 24.3 Å². The molecule has 66 valence electrons. The van der Waals surface area contributed by atoms with E-state index in [0.717, 1.165) is 5.39 Å². The first-order chi connectivity index (χ1) is 6.33. The van der Waals surface area contributed by atoms with Crippen molar-refractivity contribution < 1.29 is 4.39 Å². The second kappa shape index (κ2) is 3.35. The van der Waals surface area contributed by atoms with Crippen LogP contribution < -0.4 is 0 Å². The molecule has 2 heteroatoms. The lowest BCUT2D eigenvalue weighted by molar-refractivity contribution is 0.629. The van der Waals surface area contributed by atoms with Crippen molar-refractivity contribution in [2.75, 3.05) is 0 Å². The second-order valence-corrected chi connectivity index (χ2v) is 3.16. The van der Waals surface area contributed by atoms with Gasteiger partial charge in [-0.05, 0) is 5.39 Å². The van der Waals surface area contributed by atoms with Crippen LogP contribution in [0.1, 0.15) is 5.56 Å². The smallest absolute Gasteiger partial charge is 0.135 e. The Balaban J connectivity index is 2.79. The summed E-state index contributed by atoms with van der Waals surface area (Å²) >= 11 is 5.59. The number of halogens is 2. The zero-order valence-corrected chi connectivity index (χ0v) is 7.68. The quantitative estimate of drug-likeness (QED) is 0.607. The number of fused-ring (bicyclic) bond motifs is 1. The molecule has 0 unspecified atom stereocenters. The third-order valence-corrected chi connectivity index (χ3v) is 2.38. The summed E-state index contributed by atoms with van der Waals surface area (Å²) in [5, 5.41) is 1.55. The van der Waals surface area contributed by atoms with E-state index in [9.17, 15) is 4.39 Å². The van der Waals surface area contributed by atoms with Gasteiger partial charge in [0.1, 0.15) is 5.82 Å². The molecule has 0 atom stereocenters. The van der Waals surface area contributed by atoms with Gasteiger partial charge < -0.3 is 0 Å². The van der Waals surface area contributed by atoms with Gasteiger partial charge in [0.25, 0.3) is 0 Å². The first-order valence-corrected chi connectivity index (χ1v) is 4.58. The molecule has 0 saturated carbocycles. The largest absolute Gasteiger partial charge is 0.206 e. The third kappa shape index (κ3) is 1.40. The first kappa shape index (κ1) is 8.52. The van der Waals surface area contributed by atoms with Crippen LogP contribution in [0.2, 0.25) is 0 Å². The van der Waals surface area contributed by atoms with Gasteiger partial charge in [-0.15, -0.1) is 11.6 Å². The average Bonchev–Trinajstić information content (AvgIpc) is 2.19. The zero-order valence-electron chi connectivity index (χ0n) is 6.93. The highest BCUT2D eigenvalue weighted by Crippen LogP contribution is 2.21. The van der Waals surface area contributed by atoms with E-state index in [4.69, 9.17) is 11.6 Å². The molecule has 2 aromatic rings. The normalized spacial score (nSPS) is 10.6. The number of alkyl halides is 1. The molecule has 0 aliphatic carbocycles. The molecule has 0 N–H and O–H groups in total. The molecular weight excluding hydrogens is 187 g/mol. The molecule has 2 rings (SSSR count). The fourth-order valence-corrected chi connectivity index (χ4v) is 1.59. The van der Waals surface area contributed by atoms with Gasteiger partial charge in [0.15, 0.2) is 0 Å². The van der Waals surface area contributed by atoms with E-state index >= 15 is 0 Å². The van der Waals surface area contributed by atoms with Crippen molar-refractivity contribution >= 4 is 22.4 Å². The van der Waals surface area contributed by atoms with Crippen LogP contribution in [0.5, 0.6) is 0 Å². The summed E-state index contributed by atoms with van der Waals surface area (Å²) in [4.78, 5) is 0. The molecule has 0 heterocycles. The Labute approximate surface area is 80.9 Å². The standard InChI is InChI=1S/C11H8ClF/c12-7-9-6-5-8-3-1-2-4-10(8)11(9)13/h1-6H,7H2. The highest BCUT2D eigenvalue weighted by molar-refractivity contribution is 6.17. The lowest BCUT2D eigenvalue weighted by Crippen LogP contribution is -1.87. The van der Waals surface area contributed by atoms with Crippen molar-refractivity contribution in [3.8, 4) is 0 Å². The molecule has 2 aromatic carbocycles. The van der Waals surface area contributed by atoms with Gasteiger partial charge in [0.05, 0.1) is 5.88 Å². The Hall–Kier alpha value is -1.08. The lowest BCUT2D eigenvalue weighted by Gasteiger charge is -2.02.